The van der Waals surface area contributed by atoms with Crippen molar-refractivity contribution in [3.63, 3.8) is 0 Å². The van der Waals surface area contributed by atoms with Crippen LogP contribution in [-0.2, 0) is 20.7 Å². The number of carboxylic acid groups (broad SMARTS) is 1. The van der Waals surface area contributed by atoms with Crippen LogP contribution in [0, 0.1) is 0 Å². The topological polar surface area (TPSA) is 66.8 Å². The van der Waals surface area contributed by atoms with E-state index in [0.717, 1.165) is 9.21 Å². The number of halogens is 1. The van der Waals surface area contributed by atoms with Crippen molar-refractivity contribution in [3.05, 3.63) is 21.3 Å². The molecule has 1 aliphatic rings. The predicted molar refractivity (Wildman–Crippen MR) is 76.2 cm³/mol. The summed E-state index contributed by atoms with van der Waals surface area (Å²) in [5, 5.41) is 8.75. The fraction of sp³-hybridized carbons (Fsp3) is 0.538. The number of ether oxygens (including phenoxy) is 1. The standard InChI is InChI=1S/C13H16ClNO4S/c14-11-3-1-10(20-11)2-4-12(16)15-5-6-19-9(8-15)7-13(17)18/h1,3,9H,2,4-8H2,(H,17,18)/t9-/m0/s1. The number of hydrogen-bond acceptors (Lipinski definition) is 4. The summed E-state index contributed by atoms with van der Waals surface area (Å²) in [6, 6.07) is 3.75. The van der Waals surface area contributed by atoms with Crippen molar-refractivity contribution in [3.8, 4) is 0 Å². The van der Waals surface area contributed by atoms with E-state index in [9.17, 15) is 9.59 Å². The minimum Gasteiger partial charge on any atom is -0.481 e. The van der Waals surface area contributed by atoms with Crippen molar-refractivity contribution in [1.29, 1.82) is 0 Å². The molecule has 5 nitrogen and oxygen atoms in total. The van der Waals surface area contributed by atoms with E-state index < -0.39 is 12.1 Å². The Hall–Kier alpha value is -1.11. The van der Waals surface area contributed by atoms with Gasteiger partial charge in [-0.15, -0.1) is 11.3 Å². The third kappa shape index (κ3) is 4.47. The van der Waals surface area contributed by atoms with Gasteiger partial charge in [0, 0.05) is 24.4 Å². The lowest BCUT2D eigenvalue weighted by Crippen LogP contribution is -2.46. The Morgan fingerprint density at radius 1 is 1.50 bits per heavy atom. The lowest BCUT2D eigenvalue weighted by molar-refractivity contribution is -0.147. The number of carbonyl (C=O) groups excluding carboxylic acids is 1. The van der Waals surface area contributed by atoms with Crippen molar-refractivity contribution in [2.45, 2.75) is 25.4 Å². The molecule has 110 valence electrons. The van der Waals surface area contributed by atoms with Crippen molar-refractivity contribution in [2.75, 3.05) is 19.7 Å². The number of thiophene rings is 1. The second-order valence-corrected chi connectivity index (χ2v) is 6.44. The lowest BCUT2D eigenvalue weighted by Gasteiger charge is -2.32. The van der Waals surface area contributed by atoms with Gasteiger partial charge in [-0.05, 0) is 18.6 Å². The van der Waals surface area contributed by atoms with E-state index in [1.807, 2.05) is 12.1 Å². The molecule has 0 aromatic carbocycles. The second-order valence-electron chi connectivity index (χ2n) is 4.64. The van der Waals surface area contributed by atoms with Gasteiger partial charge in [-0.25, -0.2) is 0 Å². The van der Waals surface area contributed by atoms with Crippen LogP contribution in [0.1, 0.15) is 17.7 Å². The van der Waals surface area contributed by atoms with Crippen molar-refractivity contribution in [2.24, 2.45) is 0 Å². The number of aliphatic carboxylic acids is 1. The first-order chi connectivity index (χ1) is 9.54. The average Bonchev–Trinajstić information content (AvgIpc) is 2.81. The molecular formula is C13H16ClNO4S. The van der Waals surface area contributed by atoms with Crippen molar-refractivity contribution < 1.29 is 19.4 Å². The van der Waals surface area contributed by atoms with Crippen molar-refractivity contribution in [1.82, 2.24) is 4.90 Å². The molecule has 0 bridgehead atoms. The molecule has 2 rings (SSSR count). The SMILES string of the molecule is O=C(O)C[C@H]1CN(C(=O)CCc2ccc(Cl)s2)CCO1. The van der Waals surface area contributed by atoms with Gasteiger partial charge in [-0.2, -0.15) is 0 Å². The van der Waals surface area contributed by atoms with Gasteiger partial charge in [0.25, 0.3) is 0 Å². The van der Waals surface area contributed by atoms with E-state index in [2.05, 4.69) is 0 Å². The van der Waals surface area contributed by atoms with Gasteiger partial charge < -0.3 is 14.7 Å². The molecule has 1 amide bonds. The summed E-state index contributed by atoms with van der Waals surface area (Å²) < 4.78 is 6.07. The summed E-state index contributed by atoms with van der Waals surface area (Å²) >= 11 is 7.32. The van der Waals surface area contributed by atoms with Crippen LogP contribution in [0.4, 0.5) is 0 Å². The summed E-state index contributed by atoms with van der Waals surface area (Å²) in [5.74, 6) is -0.870. The minimum absolute atomic E-state index is 0.0354. The number of amides is 1. The van der Waals surface area contributed by atoms with Crippen LogP contribution in [0.3, 0.4) is 0 Å². The fourth-order valence-electron chi connectivity index (χ4n) is 2.14. The number of carboxylic acids is 1. The Kier molecular flexibility index (Phi) is 5.39. The molecule has 2 heterocycles. The van der Waals surface area contributed by atoms with Gasteiger partial charge in [-0.3, -0.25) is 9.59 Å². The monoisotopic (exact) mass is 317 g/mol. The minimum atomic E-state index is -0.905. The molecule has 1 fully saturated rings. The zero-order valence-electron chi connectivity index (χ0n) is 10.9. The number of morpholine rings is 1. The largest absolute Gasteiger partial charge is 0.481 e. The molecule has 0 aliphatic carbocycles. The Bertz CT molecular complexity index is 490. The van der Waals surface area contributed by atoms with Crippen LogP contribution in [0.15, 0.2) is 12.1 Å². The summed E-state index contributed by atoms with van der Waals surface area (Å²) in [5.41, 5.74) is 0. The molecule has 20 heavy (non-hydrogen) atoms. The van der Waals surface area contributed by atoms with E-state index in [1.165, 1.54) is 11.3 Å². The summed E-state index contributed by atoms with van der Waals surface area (Å²) in [7, 11) is 0. The Morgan fingerprint density at radius 3 is 2.95 bits per heavy atom. The van der Waals surface area contributed by atoms with E-state index in [1.54, 1.807) is 4.90 Å². The van der Waals surface area contributed by atoms with Gasteiger partial charge in [0.1, 0.15) is 0 Å². The third-order valence-electron chi connectivity index (χ3n) is 3.11. The summed E-state index contributed by atoms with van der Waals surface area (Å²) in [4.78, 5) is 25.5. The fourth-order valence-corrected chi connectivity index (χ4v) is 3.23. The summed E-state index contributed by atoms with van der Waals surface area (Å²) in [6.45, 7) is 1.28. The smallest absolute Gasteiger partial charge is 0.306 e. The van der Waals surface area contributed by atoms with Crippen LogP contribution in [-0.4, -0.2) is 47.7 Å². The highest BCUT2D eigenvalue weighted by atomic mass is 35.5. The molecule has 0 radical (unpaired) electrons. The molecular weight excluding hydrogens is 302 g/mol. The molecule has 1 aromatic heterocycles. The normalized spacial score (nSPS) is 19.1. The number of hydrogen-bond donors (Lipinski definition) is 1. The maximum atomic E-state index is 12.1. The maximum absolute atomic E-state index is 12.1. The van der Waals surface area contributed by atoms with E-state index >= 15 is 0 Å². The molecule has 1 aromatic rings. The molecule has 7 heteroatoms. The highest BCUT2D eigenvalue weighted by Gasteiger charge is 2.25. The predicted octanol–water partition coefficient (Wildman–Crippen LogP) is 2.04. The van der Waals surface area contributed by atoms with Crippen LogP contribution < -0.4 is 0 Å². The number of rotatable bonds is 5. The zero-order valence-corrected chi connectivity index (χ0v) is 12.5. The molecule has 1 saturated heterocycles. The Labute approximate surface area is 126 Å². The number of carbonyl (C=O) groups is 2. The average molecular weight is 318 g/mol. The molecule has 1 atom stereocenters. The molecule has 1 N–H and O–H groups in total. The molecule has 0 unspecified atom stereocenters. The molecule has 0 saturated carbocycles. The highest BCUT2D eigenvalue weighted by Crippen LogP contribution is 2.22. The van der Waals surface area contributed by atoms with Gasteiger partial charge in [0.2, 0.25) is 5.91 Å². The zero-order chi connectivity index (χ0) is 14.5. The highest BCUT2D eigenvalue weighted by molar-refractivity contribution is 7.16. The lowest BCUT2D eigenvalue weighted by atomic mass is 10.2. The van der Waals surface area contributed by atoms with Crippen LogP contribution in [0.25, 0.3) is 0 Å². The first kappa shape index (κ1) is 15.3. The molecule has 0 spiro atoms. The third-order valence-corrected chi connectivity index (χ3v) is 4.40. The Balaban J connectivity index is 1.81. The number of aryl methyl sites for hydroxylation is 1. The van der Waals surface area contributed by atoms with Crippen molar-refractivity contribution >= 4 is 34.8 Å². The first-order valence-corrected chi connectivity index (χ1v) is 7.59. The second kappa shape index (κ2) is 7.06. The first-order valence-electron chi connectivity index (χ1n) is 6.40. The van der Waals surface area contributed by atoms with E-state index in [0.29, 0.717) is 32.5 Å². The van der Waals surface area contributed by atoms with Gasteiger partial charge in [0.15, 0.2) is 0 Å². The van der Waals surface area contributed by atoms with Crippen LogP contribution in [0.5, 0.6) is 0 Å². The number of nitrogens with zero attached hydrogens (tertiary/aromatic N) is 1. The van der Waals surface area contributed by atoms with E-state index in [4.69, 9.17) is 21.4 Å². The molecule has 1 aliphatic heterocycles. The van der Waals surface area contributed by atoms with Gasteiger partial charge in [-0.1, -0.05) is 11.6 Å². The quantitative estimate of drug-likeness (QED) is 0.902. The summed E-state index contributed by atoms with van der Waals surface area (Å²) in [6.07, 6.45) is 0.611. The maximum Gasteiger partial charge on any atom is 0.306 e. The van der Waals surface area contributed by atoms with Crippen LogP contribution in [0.2, 0.25) is 4.34 Å². The Morgan fingerprint density at radius 2 is 2.30 bits per heavy atom. The van der Waals surface area contributed by atoms with Gasteiger partial charge >= 0.3 is 5.97 Å². The van der Waals surface area contributed by atoms with E-state index in [-0.39, 0.29) is 12.3 Å². The van der Waals surface area contributed by atoms with Gasteiger partial charge in [0.05, 0.1) is 23.5 Å². The van der Waals surface area contributed by atoms with Crippen LogP contribution >= 0.6 is 22.9 Å².